The Morgan fingerprint density at radius 1 is 1.22 bits per heavy atom. The van der Waals surface area contributed by atoms with E-state index in [1.54, 1.807) is 24.3 Å². The van der Waals surface area contributed by atoms with Crippen LogP contribution in [0.4, 0.5) is 5.69 Å². The smallest absolute Gasteiger partial charge is 0.264 e. The summed E-state index contributed by atoms with van der Waals surface area (Å²) in [6.07, 6.45) is 0. The molecule has 0 aliphatic heterocycles. The van der Waals surface area contributed by atoms with Crippen molar-refractivity contribution < 1.29 is 22.7 Å². The lowest BCUT2D eigenvalue weighted by molar-refractivity contribution is -0.117. The number of primary amides is 1. The summed E-state index contributed by atoms with van der Waals surface area (Å²) in [7, 11) is -1.20. The van der Waals surface area contributed by atoms with Gasteiger partial charge in [-0.25, -0.2) is 8.42 Å². The number of hydrogen-bond donors (Lipinski definition) is 2. The van der Waals surface area contributed by atoms with Crippen LogP contribution in [0.25, 0.3) is 0 Å². The van der Waals surface area contributed by atoms with E-state index in [-0.39, 0.29) is 15.5 Å². The molecule has 144 valence electrons. The number of nitrogens with one attached hydrogen (secondary N) is 1. The summed E-state index contributed by atoms with van der Waals surface area (Å²) in [6, 6.07) is 10.3. The van der Waals surface area contributed by atoms with Crippen molar-refractivity contribution in [2.45, 2.75) is 4.90 Å². The number of sulfonamides is 1. The molecule has 0 fully saturated rings. The molecule has 0 aliphatic carbocycles. The van der Waals surface area contributed by atoms with Crippen LogP contribution >= 0.6 is 11.6 Å². The third kappa shape index (κ3) is 4.50. The fourth-order valence-electron chi connectivity index (χ4n) is 2.28. The van der Waals surface area contributed by atoms with Gasteiger partial charge in [0, 0.05) is 7.05 Å². The minimum atomic E-state index is -4.01. The molecular formula is C17H18ClN3O5S. The van der Waals surface area contributed by atoms with E-state index in [4.69, 9.17) is 22.1 Å². The van der Waals surface area contributed by atoms with Gasteiger partial charge in [-0.05, 0) is 30.3 Å². The molecule has 2 aromatic rings. The number of carbonyl (C=O) groups excluding carboxylic acids is 2. The minimum Gasteiger partial charge on any atom is -0.495 e. The summed E-state index contributed by atoms with van der Waals surface area (Å²) in [5.41, 5.74) is 5.22. The number of hydrogen-bond acceptors (Lipinski definition) is 5. The molecule has 0 bridgehead atoms. The van der Waals surface area contributed by atoms with Crippen molar-refractivity contribution in [3.8, 4) is 5.75 Å². The second-order valence-corrected chi connectivity index (χ2v) is 7.81. The van der Waals surface area contributed by atoms with Gasteiger partial charge < -0.3 is 15.8 Å². The number of para-hydroxylation sites is 2. The number of methoxy groups -OCH3 is 1. The molecule has 0 aliphatic rings. The van der Waals surface area contributed by atoms with Crippen molar-refractivity contribution in [3.05, 3.63) is 53.1 Å². The Balaban J connectivity index is 2.43. The normalized spacial score (nSPS) is 10.9. The van der Waals surface area contributed by atoms with Gasteiger partial charge in [-0.1, -0.05) is 23.7 Å². The number of rotatable bonds is 7. The van der Waals surface area contributed by atoms with Crippen LogP contribution in [-0.2, 0) is 14.8 Å². The highest BCUT2D eigenvalue weighted by Crippen LogP contribution is 2.31. The van der Waals surface area contributed by atoms with Gasteiger partial charge in [-0.15, -0.1) is 0 Å². The number of nitrogens with zero attached hydrogens (tertiary/aromatic N) is 1. The molecule has 0 atom stereocenters. The van der Waals surface area contributed by atoms with Gasteiger partial charge in [0.05, 0.1) is 34.8 Å². The molecular weight excluding hydrogens is 394 g/mol. The third-order valence-electron chi connectivity index (χ3n) is 3.69. The van der Waals surface area contributed by atoms with Crippen LogP contribution in [0.15, 0.2) is 47.4 Å². The quantitative estimate of drug-likeness (QED) is 0.713. The third-order valence-corrected chi connectivity index (χ3v) is 5.79. The molecule has 8 nitrogen and oxygen atoms in total. The summed E-state index contributed by atoms with van der Waals surface area (Å²) < 4.78 is 32.2. The van der Waals surface area contributed by atoms with Crippen molar-refractivity contribution in [2.75, 3.05) is 25.0 Å². The number of ether oxygens (including phenoxy) is 1. The summed E-state index contributed by atoms with van der Waals surface area (Å²) in [4.78, 5) is 22.8. The first kappa shape index (κ1) is 20.5. The van der Waals surface area contributed by atoms with Gasteiger partial charge in [0.15, 0.2) is 0 Å². The van der Waals surface area contributed by atoms with E-state index in [9.17, 15) is 18.0 Å². The number of carbonyl (C=O) groups is 2. The van der Waals surface area contributed by atoms with Crippen molar-refractivity contribution in [1.82, 2.24) is 5.32 Å². The fraction of sp³-hybridized carbons (Fsp3) is 0.176. The van der Waals surface area contributed by atoms with Crippen molar-refractivity contribution in [2.24, 2.45) is 5.73 Å². The monoisotopic (exact) mass is 411 g/mol. The Labute approximate surface area is 161 Å². The Morgan fingerprint density at radius 3 is 2.52 bits per heavy atom. The number of nitrogens with two attached hydrogens (primary N) is 1. The Hall–Kier alpha value is -2.78. The van der Waals surface area contributed by atoms with E-state index < -0.39 is 28.4 Å². The molecule has 0 heterocycles. The molecule has 0 saturated carbocycles. The van der Waals surface area contributed by atoms with Crippen LogP contribution in [0.2, 0.25) is 5.02 Å². The number of anilines is 1. The first-order chi connectivity index (χ1) is 12.7. The van der Waals surface area contributed by atoms with Crippen LogP contribution in [0.1, 0.15) is 10.4 Å². The summed E-state index contributed by atoms with van der Waals surface area (Å²) in [6.45, 7) is -0.396. The van der Waals surface area contributed by atoms with E-state index in [0.29, 0.717) is 11.4 Å². The van der Waals surface area contributed by atoms with Crippen LogP contribution in [0.3, 0.4) is 0 Å². The fourth-order valence-corrected chi connectivity index (χ4v) is 3.72. The topological polar surface area (TPSA) is 119 Å². The maximum Gasteiger partial charge on any atom is 0.264 e. The number of benzene rings is 2. The molecule has 0 aromatic heterocycles. The van der Waals surface area contributed by atoms with Crippen LogP contribution in [-0.4, -0.2) is 40.9 Å². The van der Waals surface area contributed by atoms with Gasteiger partial charge in [0.25, 0.3) is 15.9 Å². The van der Waals surface area contributed by atoms with Gasteiger partial charge in [0.1, 0.15) is 5.75 Å². The lowest BCUT2D eigenvalue weighted by Crippen LogP contribution is -2.33. The highest BCUT2D eigenvalue weighted by Gasteiger charge is 2.25. The number of halogens is 1. The highest BCUT2D eigenvalue weighted by molar-refractivity contribution is 7.92. The first-order valence-corrected chi connectivity index (χ1v) is 9.48. The van der Waals surface area contributed by atoms with Crippen molar-refractivity contribution in [1.29, 1.82) is 0 Å². The minimum absolute atomic E-state index is 0.0378. The van der Waals surface area contributed by atoms with E-state index in [1.807, 2.05) is 0 Å². The van der Waals surface area contributed by atoms with Crippen molar-refractivity contribution in [3.63, 3.8) is 0 Å². The SMILES string of the molecule is COc1ccccc1N(C)S(=O)(=O)c1ccc(Cl)c(C(=O)NCC(N)=O)c1. The molecule has 0 spiro atoms. The lowest BCUT2D eigenvalue weighted by Gasteiger charge is -2.22. The van der Waals surface area contributed by atoms with Crippen molar-refractivity contribution >= 4 is 39.1 Å². The molecule has 0 radical (unpaired) electrons. The molecule has 2 aromatic carbocycles. The zero-order valence-electron chi connectivity index (χ0n) is 14.6. The molecule has 0 saturated heterocycles. The zero-order chi connectivity index (χ0) is 20.2. The Kier molecular flexibility index (Phi) is 6.29. The van der Waals surface area contributed by atoms with E-state index in [1.165, 1.54) is 26.3 Å². The Bertz CT molecular complexity index is 978. The predicted molar refractivity (Wildman–Crippen MR) is 102 cm³/mol. The van der Waals surface area contributed by atoms with E-state index in [0.717, 1.165) is 10.4 Å². The summed E-state index contributed by atoms with van der Waals surface area (Å²) in [5.74, 6) is -1.08. The predicted octanol–water partition coefficient (Wildman–Crippen LogP) is 1.39. The first-order valence-electron chi connectivity index (χ1n) is 7.66. The van der Waals surface area contributed by atoms with E-state index in [2.05, 4.69) is 5.32 Å². The van der Waals surface area contributed by atoms with Crippen LogP contribution < -0.4 is 20.1 Å². The molecule has 2 rings (SSSR count). The maximum atomic E-state index is 13.0. The lowest BCUT2D eigenvalue weighted by atomic mass is 10.2. The maximum absolute atomic E-state index is 13.0. The highest BCUT2D eigenvalue weighted by atomic mass is 35.5. The van der Waals surface area contributed by atoms with Gasteiger partial charge in [0.2, 0.25) is 5.91 Å². The summed E-state index contributed by atoms with van der Waals surface area (Å²) >= 11 is 6.00. The standard InChI is InChI=1S/C17H18ClN3O5S/c1-21(14-5-3-4-6-15(14)26-2)27(24,25)11-7-8-13(18)12(9-11)17(23)20-10-16(19)22/h3-9H,10H2,1-2H3,(H2,19,22)(H,20,23). The molecule has 2 amide bonds. The number of amides is 2. The van der Waals surface area contributed by atoms with Gasteiger partial charge in [-0.3, -0.25) is 13.9 Å². The second kappa shape index (κ2) is 8.28. The second-order valence-electron chi connectivity index (χ2n) is 5.44. The van der Waals surface area contributed by atoms with E-state index >= 15 is 0 Å². The Morgan fingerprint density at radius 2 is 1.89 bits per heavy atom. The van der Waals surface area contributed by atoms with Gasteiger partial charge >= 0.3 is 0 Å². The van der Waals surface area contributed by atoms with Crippen LogP contribution in [0, 0.1) is 0 Å². The molecule has 27 heavy (non-hydrogen) atoms. The van der Waals surface area contributed by atoms with Crippen LogP contribution in [0.5, 0.6) is 5.75 Å². The average Bonchev–Trinajstić information content (AvgIpc) is 2.65. The average molecular weight is 412 g/mol. The largest absolute Gasteiger partial charge is 0.495 e. The molecule has 0 unspecified atom stereocenters. The molecule has 10 heteroatoms. The van der Waals surface area contributed by atoms with Gasteiger partial charge in [-0.2, -0.15) is 0 Å². The summed E-state index contributed by atoms with van der Waals surface area (Å²) in [5, 5.41) is 2.31. The zero-order valence-corrected chi connectivity index (χ0v) is 16.2. The molecule has 3 N–H and O–H groups in total.